The summed E-state index contributed by atoms with van der Waals surface area (Å²) in [6.45, 7) is 0. The Morgan fingerprint density at radius 3 is 2.62 bits per heavy atom. The summed E-state index contributed by atoms with van der Waals surface area (Å²) in [4.78, 5) is 11.1. The summed E-state index contributed by atoms with van der Waals surface area (Å²) < 4.78 is 5.76. The highest BCUT2D eigenvalue weighted by Crippen LogP contribution is 2.29. The number of primary amides is 1. The Bertz CT molecular complexity index is 398. The molecule has 0 bridgehead atoms. The van der Waals surface area contributed by atoms with Crippen molar-refractivity contribution in [2.24, 2.45) is 5.73 Å². The second-order valence-electron chi connectivity index (χ2n) is 4.11. The lowest BCUT2D eigenvalue weighted by molar-refractivity contribution is 0.100. The highest BCUT2D eigenvalue weighted by atomic mass is 16.5. The zero-order valence-corrected chi connectivity index (χ0v) is 9.11. The molecule has 0 saturated heterocycles. The van der Waals surface area contributed by atoms with E-state index in [1.54, 1.807) is 18.2 Å². The van der Waals surface area contributed by atoms with Gasteiger partial charge in [-0.1, -0.05) is 6.07 Å². The minimum Gasteiger partial charge on any atom is -0.488 e. The molecule has 1 aromatic carbocycles. The van der Waals surface area contributed by atoms with Crippen LogP contribution in [0.2, 0.25) is 0 Å². The van der Waals surface area contributed by atoms with Crippen LogP contribution in [0.3, 0.4) is 0 Å². The summed E-state index contributed by atoms with van der Waals surface area (Å²) in [5.41, 5.74) is 11.7. The molecule has 16 heavy (non-hydrogen) atoms. The molecule has 1 aliphatic carbocycles. The normalized spacial score (nSPS) is 16.2. The average molecular weight is 220 g/mol. The van der Waals surface area contributed by atoms with Gasteiger partial charge in [-0.15, -0.1) is 0 Å². The molecule has 0 aromatic heterocycles. The van der Waals surface area contributed by atoms with E-state index in [1.807, 2.05) is 0 Å². The maximum Gasteiger partial charge on any atom is 0.250 e. The SMILES string of the molecule is NC(=O)c1cccc(OC2CCCC2)c1N. The molecule has 0 radical (unpaired) electrons. The maximum absolute atomic E-state index is 11.1. The van der Waals surface area contributed by atoms with Gasteiger partial charge in [-0.25, -0.2) is 0 Å². The molecule has 1 fully saturated rings. The molecule has 0 heterocycles. The van der Waals surface area contributed by atoms with Crippen molar-refractivity contribution in [3.63, 3.8) is 0 Å². The summed E-state index contributed by atoms with van der Waals surface area (Å²) in [7, 11) is 0. The fraction of sp³-hybridized carbons (Fsp3) is 0.417. The maximum atomic E-state index is 11.1. The molecular formula is C12H16N2O2. The van der Waals surface area contributed by atoms with E-state index < -0.39 is 5.91 Å². The molecular weight excluding hydrogens is 204 g/mol. The number of anilines is 1. The molecule has 4 heteroatoms. The lowest BCUT2D eigenvalue weighted by atomic mass is 10.1. The number of hydrogen-bond donors (Lipinski definition) is 2. The van der Waals surface area contributed by atoms with Gasteiger partial charge in [0.1, 0.15) is 5.75 Å². The number of para-hydroxylation sites is 1. The summed E-state index contributed by atoms with van der Waals surface area (Å²) in [6.07, 6.45) is 4.73. The van der Waals surface area contributed by atoms with E-state index in [2.05, 4.69) is 0 Å². The van der Waals surface area contributed by atoms with E-state index in [0.717, 1.165) is 12.8 Å². The smallest absolute Gasteiger partial charge is 0.250 e. The van der Waals surface area contributed by atoms with Gasteiger partial charge in [0.05, 0.1) is 17.4 Å². The highest BCUT2D eigenvalue weighted by Gasteiger charge is 2.18. The molecule has 0 aliphatic heterocycles. The third-order valence-corrected chi connectivity index (χ3v) is 2.93. The molecule has 4 nitrogen and oxygen atoms in total. The van der Waals surface area contributed by atoms with E-state index in [0.29, 0.717) is 17.0 Å². The van der Waals surface area contributed by atoms with Crippen molar-refractivity contribution in [2.75, 3.05) is 5.73 Å². The number of rotatable bonds is 3. The molecule has 1 aromatic rings. The summed E-state index contributed by atoms with van der Waals surface area (Å²) in [5, 5.41) is 0. The number of nitrogen functional groups attached to an aromatic ring is 1. The molecule has 2 rings (SSSR count). The lowest BCUT2D eigenvalue weighted by Gasteiger charge is -2.15. The van der Waals surface area contributed by atoms with Crippen LogP contribution in [0, 0.1) is 0 Å². The zero-order chi connectivity index (χ0) is 11.5. The first-order valence-corrected chi connectivity index (χ1v) is 5.53. The molecule has 0 atom stereocenters. The third-order valence-electron chi connectivity index (χ3n) is 2.93. The highest BCUT2D eigenvalue weighted by molar-refractivity contribution is 5.99. The van der Waals surface area contributed by atoms with Crippen LogP contribution in [0.4, 0.5) is 5.69 Å². The number of benzene rings is 1. The van der Waals surface area contributed by atoms with Gasteiger partial charge in [-0.05, 0) is 37.8 Å². The first-order valence-electron chi connectivity index (χ1n) is 5.53. The van der Waals surface area contributed by atoms with Gasteiger partial charge < -0.3 is 16.2 Å². The summed E-state index contributed by atoms with van der Waals surface area (Å²) >= 11 is 0. The van der Waals surface area contributed by atoms with Crippen molar-refractivity contribution >= 4 is 11.6 Å². The topological polar surface area (TPSA) is 78.3 Å². The zero-order valence-electron chi connectivity index (χ0n) is 9.11. The van der Waals surface area contributed by atoms with Crippen LogP contribution in [0.1, 0.15) is 36.0 Å². The van der Waals surface area contributed by atoms with Crippen molar-refractivity contribution in [2.45, 2.75) is 31.8 Å². The van der Waals surface area contributed by atoms with Gasteiger partial charge in [0.15, 0.2) is 0 Å². The van der Waals surface area contributed by atoms with E-state index in [9.17, 15) is 4.79 Å². The largest absolute Gasteiger partial charge is 0.488 e. The molecule has 0 spiro atoms. The Morgan fingerprint density at radius 2 is 2.00 bits per heavy atom. The van der Waals surface area contributed by atoms with Gasteiger partial charge in [0.25, 0.3) is 5.91 Å². The molecule has 0 unspecified atom stereocenters. The second-order valence-corrected chi connectivity index (χ2v) is 4.11. The number of hydrogen-bond acceptors (Lipinski definition) is 3. The average Bonchev–Trinajstić information content (AvgIpc) is 2.73. The molecule has 1 aliphatic rings. The first kappa shape index (κ1) is 10.8. The van der Waals surface area contributed by atoms with E-state index >= 15 is 0 Å². The monoisotopic (exact) mass is 220 g/mol. The van der Waals surface area contributed by atoms with Gasteiger partial charge in [0, 0.05) is 0 Å². The minimum absolute atomic E-state index is 0.227. The van der Waals surface area contributed by atoms with Crippen molar-refractivity contribution in [3.8, 4) is 5.75 Å². The van der Waals surface area contributed by atoms with Gasteiger partial charge in [-0.3, -0.25) is 4.79 Å². The Hall–Kier alpha value is -1.71. The molecule has 4 N–H and O–H groups in total. The first-order chi connectivity index (χ1) is 7.68. The van der Waals surface area contributed by atoms with Gasteiger partial charge >= 0.3 is 0 Å². The number of ether oxygens (including phenoxy) is 1. The van der Waals surface area contributed by atoms with E-state index in [4.69, 9.17) is 16.2 Å². The van der Waals surface area contributed by atoms with Gasteiger partial charge in [0.2, 0.25) is 0 Å². The van der Waals surface area contributed by atoms with Crippen molar-refractivity contribution < 1.29 is 9.53 Å². The van der Waals surface area contributed by atoms with Crippen LogP contribution in [-0.4, -0.2) is 12.0 Å². The van der Waals surface area contributed by atoms with Crippen molar-refractivity contribution in [1.29, 1.82) is 0 Å². The minimum atomic E-state index is -0.519. The second kappa shape index (κ2) is 4.43. The van der Waals surface area contributed by atoms with Crippen LogP contribution in [0.25, 0.3) is 0 Å². The predicted octanol–water partition coefficient (Wildman–Crippen LogP) is 1.69. The number of carbonyl (C=O) groups is 1. The Balaban J connectivity index is 2.20. The Morgan fingerprint density at radius 1 is 1.31 bits per heavy atom. The fourth-order valence-corrected chi connectivity index (χ4v) is 2.05. The Kier molecular flexibility index (Phi) is 2.99. The predicted molar refractivity (Wildman–Crippen MR) is 62.3 cm³/mol. The number of amides is 1. The van der Waals surface area contributed by atoms with E-state index in [-0.39, 0.29) is 6.10 Å². The Labute approximate surface area is 94.6 Å². The van der Waals surface area contributed by atoms with Crippen LogP contribution >= 0.6 is 0 Å². The third kappa shape index (κ3) is 2.10. The van der Waals surface area contributed by atoms with Crippen molar-refractivity contribution in [3.05, 3.63) is 23.8 Å². The molecule has 86 valence electrons. The fourth-order valence-electron chi connectivity index (χ4n) is 2.05. The van der Waals surface area contributed by atoms with Crippen molar-refractivity contribution in [1.82, 2.24) is 0 Å². The number of carbonyl (C=O) groups excluding carboxylic acids is 1. The quantitative estimate of drug-likeness (QED) is 0.761. The lowest BCUT2D eigenvalue weighted by Crippen LogP contribution is -2.16. The molecule has 1 saturated carbocycles. The summed E-state index contributed by atoms with van der Waals surface area (Å²) in [6, 6.07) is 5.13. The van der Waals surface area contributed by atoms with Crippen LogP contribution in [-0.2, 0) is 0 Å². The summed E-state index contributed by atoms with van der Waals surface area (Å²) in [5.74, 6) is 0.0533. The standard InChI is InChI=1S/C12H16N2O2/c13-11-9(12(14)15)6-3-7-10(11)16-8-4-1-2-5-8/h3,6-8H,1-2,4-5,13H2,(H2,14,15). The van der Waals surface area contributed by atoms with Crippen LogP contribution < -0.4 is 16.2 Å². The molecule has 1 amide bonds. The van der Waals surface area contributed by atoms with Crippen LogP contribution in [0.5, 0.6) is 5.75 Å². The van der Waals surface area contributed by atoms with Crippen LogP contribution in [0.15, 0.2) is 18.2 Å². The van der Waals surface area contributed by atoms with E-state index in [1.165, 1.54) is 12.8 Å². The number of nitrogens with two attached hydrogens (primary N) is 2. The van der Waals surface area contributed by atoms with Gasteiger partial charge in [-0.2, -0.15) is 0 Å².